The van der Waals surface area contributed by atoms with Crippen molar-refractivity contribution >= 4 is 5.97 Å². The Kier molecular flexibility index (Phi) is 12.6. The number of aliphatic hydroxyl groups is 3. The fraction of sp³-hybridized carbons (Fsp3) is 0.632. The summed E-state index contributed by atoms with van der Waals surface area (Å²) in [4.78, 5) is 11.1. The molecule has 5 heteroatoms. The zero-order chi connectivity index (χ0) is 18.4. The second kappa shape index (κ2) is 13.6. The molecule has 0 aromatic heterocycles. The maximum Gasteiger partial charge on any atom is 0.303 e. The van der Waals surface area contributed by atoms with E-state index in [1.165, 1.54) is 13.0 Å². The molecule has 0 amide bonds. The van der Waals surface area contributed by atoms with Crippen molar-refractivity contribution in [2.75, 3.05) is 0 Å². The Balaban J connectivity index is 4.65. The van der Waals surface area contributed by atoms with Crippen molar-refractivity contribution in [3.63, 3.8) is 0 Å². The van der Waals surface area contributed by atoms with Crippen LogP contribution in [0.25, 0.3) is 0 Å². The van der Waals surface area contributed by atoms with E-state index in [-0.39, 0.29) is 0 Å². The lowest BCUT2D eigenvalue weighted by atomic mass is 10.0. The van der Waals surface area contributed by atoms with E-state index in [1.54, 1.807) is 0 Å². The summed E-state index contributed by atoms with van der Waals surface area (Å²) in [6.45, 7) is 6.69. The van der Waals surface area contributed by atoms with E-state index in [4.69, 9.17) is 4.74 Å². The number of aliphatic hydroxyl groups excluding tert-OH is 3. The lowest BCUT2D eigenvalue weighted by molar-refractivity contribution is -0.152. The number of ether oxygens (including phenoxy) is 1. The molecule has 0 bridgehead atoms. The average molecular weight is 336 g/mol. The quantitative estimate of drug-likeness (QED) is 0.244. The molecule has 0 fully saturated rings. The Morgan fingerprint density at radius 2 is 1.75 bits per heavy atom. The van der Waals surface area contributed by atoms with Gasteiger partial charge >= 0.3 is 5.97 Å². The molecular formula is C19H28O5. The van der Waals surface area contributed by atoms with Gasteiger partial charge in [0, 0.05) is 6.92 Å². The van der Waals surface area contributed by atoms with Crippen LogP contribution in [0.15, 0.2) is 12.7 Å². The molecule has 0 aliphatic heterocycles. The van der Waals surface area contributed by atoms with Gasteiger partial charge in [-0.25, -0.2) is 0 Å². The highest BCUT2D eigenvalue weighted by Crippen LogP contribution is 2.13. The lowest BCUT2D eigenvalue weighted by Gasteiger charge is -2.22. The molecule has 24 heavy (non-hydrogen) atoms. The van der Waals surface area contributed by atoms with Gasteiger partial charge in [-0.15, -0.1) is 0 Å². The lowest BCUT2D eigenvalue weighted by Crippen LogP contribution is -2.39. The van der Waals surface area contributed by atoms with Crippen molar-refractivity contribution < 1.29 is 24.9 Å². The van der Waals surface area contributed by atoms with Crippen LogP contribution in [0.1, 0.15) is 52.4 Å². The molecule has 0 aliphatic rings. The molecule has 0 aromatic rings. The van der Waals surface area contributed by atoms with Crippen LogP contribution in [0.5, 0.6) is 0 Å². The van der Waals surface area contributed by atoms with Gasteiger partial charge in [0.2, 0.25) is 0 Å². The van der Waals surface area contributed by atoms with Crippen LogP contribution in [-0.2, 0) is 9.53 Å². The number of rotatable bonds is 10. The number of hydrogen-bond donors (Lipinski definition) is 3. The molecule has 3 N–H and O–H groups in total. The molecule has 0 heterocycles. The number of hydrogen-bond acceptors (Lipinski definition) is 5. The highest BCUT2D eigenvalue weighted by molar-refractivity contribution is 5.66. The summed E-state index contributed by atoms with van der Waals surface area (Å²) < 4.78 is 4.94. The summed E-state index contributed by atoms with van der Waals surface area (Å²) in [5.41, 5.74) is 0. The van der Waals surface area contributed by atoms with E-state index in [9.17, 15) is 20.1 Å². The zero-order valence-electron chi connectivity index (χ0n) is 14.5. The summed E-state index contributed by atoms with van der Waals surface area (Å²) in [6, 6.07) is 0. The molecule has 0 radical (unpaired) electrons. The van der Waals surface area contributed by atoms with Crippen LogP contribution < -0.4 is 0 Å². The third-order valence-electron chi connectivity index (χ3n) is 3.32. The number of esters is 1. The number of carbonyl (C=O) groups is 1. The van der Waals surface area contributed by atoms with Gasteiger partial charge in [-0.1, -0.05) is 57.6 Å². The minimum Gasteiger partial charge on any atom is -0.446 e. The number of carbonyl (C=O) groups excluding carboxylic acids is 1. The first-order chi connectivity index (χ1) is 11.4. The van der Waals surface area contributed by atoms with E-state index < -0.39 is 30.4 Å². The molecular weight excluding hydrogens is 308 g/mol. The largest absolute Gasteiger partial charge is 0.446 e. The first-order valence-corrected chi connectivity index (χ1v) is 8.27. The smallest absolute Gasteiger partial charge is 0.303 e. The molecule has 0 spiro atoms. The molecule has 134 valence electrons. The van der Waals surface area contributed by atoms with Crippen LogP contribution in [-0.4, -0.2) is 45.7 Å². The minimum absolute atomic E-state index is 0.408. The van der Waals surface area contributed by atoms with Gasteiger partial charge in [0.15, 0.2) is 6.10 Å². The minimum atomic E-state index is -1.31. The molecule has 0 saturated heterocycles. The maximum atomic E-state index is 11.1. The predicted octanol–water partition coefficient (Wildman–Crippen LogP) is 1.55. The fourth-order valence-corrected chi connectivity index (χ4v) is 1.97. The normalized spacial score (nSPS) is 14.9. The first-order valence-electron chi connectivity index (χ1n) is 8.27. The second-order valence-corrected chi connectivity index (χ2v) is 5.51. The maximum absolute atomic E-state index is 11.1. The van der Waals surface area contributed by atoms with Crippen molar-refractivity contribution in [3.05, 3.63) is 12.7 Å². The van der Waals surface area contributed by atoms with E-state index in [2.05, 4.69) is 37.2 Å². The third-order valence-corrected chi connectivity index (χ3v) is 3.32. The Morgan fingerprint density at radius 3 is 2.33 bits per heavy atom. The summed E-state index contributed by atoms with van der Waals surface area (Å²) >= 11 is 0. The van der Waals surface area contributed by atoms with Crippen molar-refractivity contribution in [2.24, 2.45) is 0 Å². The summed E-state index contributed by atoms with van der Waals surface area (Å²) in [7, 11) is 0. The molecule has 0 saturated carbocycles. The van der Waals surface area contributed by atoms with E-state index in [1.807, 2.05) is 0 Å². The Labute approximate surface area is 144 Å². The second-order valence-electron chi connectivity index (χ2n) is 5.51. The van der Waals surface area contributed by atoms with Crippen LogP contribution in [0.2, 0.25) is 0 Å². The van der Waals surface area contributed by atoms with E-state index in [0.29, 0.717) is 6.42 Å². The average Bonchev–Trinajstić information content (AvgIpc) is 2.55. The Morgan fingerprint density at radius 1 is 1.12 bits per heavy atom. The van der Waals surface area contributed by atoms with Crippen LogP contribution in [0.3, 0.4) is 0 Å². The van der Waals surface area contributed by atoms with Gasteiger partial charge in [-0.2, -0.15) is 0 Å². The van der Waals surface area contributed by atoms with Crippen molar-refractivity contribution in [1.82, 2.24) is 0 Å². The van der Waals surface area contributed by atoms with Crippen LogP contribution in [0.4, 0.5) is 0 Å². The van der Waals surface area contributed by atoms with Gasteiger partial charge in [0.25, 0.3) is 0 Å². The standard InChI is InChI=1S/C19H28O5/c1-4-6-7-8-9-13-17(22)19(23)18(24-15(3)20)14-11-10-12-16(21)5-2/h5,16-19,21-23H,2,4,6-9,13H2,1,3H3. The molecule has 4 atom stereocenters. The SMILES string of the molecule is C=CC(O)C#CC#CC(OC(C)=O)C(O)C(O)CCCCCCC. The van der Waals surface area contributed by atoms with E-state index in [0.717, 1.165) is 32.1 Å². The fourth-order valence-electron chi connectivity index (χ4n) is 1.97. The van der Waals surface area contributed by atoms with E-state index >= 15 is 0 Å². The van der Waals surface area contributed by atoms with Crippen molar-refractivity contribution in [1.29, 1.82) is 0 Å². The Hall–Kier alpha value is -1.79. The molecule has 0 aromatic carbocycles. The summed E-state index contributed by atoms with van der Waals surface area (Å²) in [5.74, 6) is 9.08. The van der Waals surface area contributed by atoms with Gasteiger partial charge in [0.1, 0.15) is 12.2 Å². The first kappa shape index (κ1) is 22.2. The van der Waals surface area contributed by atoms with Gasteiger partial charge in [-0.05, 0) is 24.2 Å². The monoisotopic (exact) mass is 336 g/mol. The highest BCUT2D eigenvalue weighted by Gasteiger charge is 2.27. The molecule has 5 nitrogen and oxygen atoms in total. The summed E-state index contributed by atoms with van der Waals surface area (Å²) in [5, 5.41) is 29.4. The topological polar surface area (TPSA) is 87.0 Å². The molecule has 0 aliphatic carbocycles. The third kappa shape index (κ3) is 10.9. The highest BCUT2D eigenvalue weighted by atomic mass is 16.6. The van der Waals surface area contributed by atoms with Crippen LogP contribution >= 0.6 is 0 Å². The van der Waals surface area contributed by atoms with Gasteiger partial charge in [0.05, 0.1) is 6.10 Å². The molecule has 4 unspecified atom stereocenters. The molecule has 0 rings (SSSR count). The predicted molar refractivity (Wildman–Crippen MR) is 92.7 cm³/mol. The van der Waals surface area contributed by atoms with Crippen LogP contribution in [0, 0.1) is 23.7 Å². The number of unbranched alkanes of at least 4 members (excludes halogenated alkanes) is 4. The van der Waals surface area contributed by atoms with Gasteiger partial charge in [-0.3, -0.25) is 4.79 Å². The van der Waals surface area contributed by atoms with Gasteiger partial charge < -0.3 is 20.1 Å². The van der Waals surface area contributed by atoms with Crippen molar-refractivity contribution in [3.8, 4) is 23.7 Å². The zero-order valence-corrected chi connectivity index (χ0v) is 14.5. The van der Waals surface area contributed by atoms with Crippen molar-refractivity contribution in [2.45, 2.75) is 76.8 Å². The Bertz CT molecular complexity index is 491. The summed E-state index contributed by atoms with van der Waals surface area (Å²) in [6.07, 6.45) is 2.29.